The van der Waals surface area contributed by atoms with Crippen LogP contribution in [0.1, 0.15) is 41.0 Å². The van der Waals surface area contributed by atoms with E-state index in [0.29, 0.717) is 13.2 Å². The normalized spacial score (nSPS) is 21.8. The zero-order valence-electron chi connectivity index (χ0n) is 10.8. The zero-order valence-corrected chi connectivity index (χ0v) is 10.8. The molecule has 0 aromatic heterocycles. The minimum Gasteiger partial charge on any atom is -0.457 e. The van der Waals surface area contributed by atoms with Crippen molar-refractivity contribution >= 4 is 5.97 Å². The van der Waals surface area contributed by atoms with Gasteiger partial charge in [-0.05, 0) is 34.1 Å². The molecule has 0 amide bonds. The first kappa shape index (κ1) is 13.5. The highest BCUT2D eigenvalue weighted by Crippen LogP contribution is 2.24. The quantitative estimate of drug-likeness (QED) is 0.697. The van der Waals surface area contributed by atoms with E-state index in [1.165, 1.54) is 0 Å². The van der Waals surface area contributed by atoms with Crippen molar-refractivity contribution in [1.29, 1.82) is 0 Å². The van der Waals surface area contributed by atoms with E-state index in [2.05, 4.69) is 0 Å². The van der Waals surface area contributed by atoms with E-state index < -0.39 is 11.2 Å². The molecule has 0 N–H and O–H groups in total. The fourth-order valence-electron chi connectivity index (χ4n) is 1.20. The summed E-state index contributed by atoms with van der Waals surface area (Å²) < 4.78 is 16.2. The molecule has 1 heterocycles. The van der Waals surface area contributed by atoms with Crippen LogP contribution in [0.5, 0.6) is 0 Å². The minimum absolute atomic E-state index is 0.188. The summed E-state index contributed by atoms with van der Waals surface area (Å²) >= 11 is 0. The maximum Gasteiger partial charge on any atom is 0.311 e. The molecule has 0 aromatic rings. The molecule has 4 heteroatoms. The summed E-state index contributed by atoms with van der Waals surface area (Å²) in [4.78, 5) is 11.8. The molecule has 0 aliphatic carbocycles. The molecule has 0 unspecified atom stereocenters. The molecule has 94 valence electrons. The molecule has 0 spiro atoms. The third-order valence-electron chi connectivity index (χ3n) is 2.94. The fourth-order valence-corrected chi connectivity index (χ4v) is 1.20. The van der Waals surface area contributed by atoms with Crippen molar-refractivity contribution in [2.75, 3.05) is 13.2 Å². The zero-order chi connectivity index (χ0) is 12.4. The smallest absolute Gasteiger partial charge is 0.311 e. The van der Waals surface area contributed by atoms with Crippen LogP contribution in [0.4, 0.5) is 0 Å². The van der Waals surface area contributed by atoms with Crippen LogP contribution in [-0.4, -0.2) is 31.1 Å². The lowest BCUT2D eigenvalue weighted by Crippen LogP contribution is -2.45. The molecule has 0 bridgehead atoms. The van der Waals surface area contributed by atoms with Gasteiger partial charge in [-0.25, -0.2) is 0 Å². The van der Waals surface area contributed by atoms with Gasteiger partial charge in [-0.15, -0.1) is 0 Å². The van der Waals surface area contributed by atoms with Gasteiger partial charge in [0.1, 0.15) is 6.10 Å². The van der Waals surface area contributed by atoms with E-state index in [9.17, 15) is 4.79 Å². The van der Waals surface area contributed by atoms with Gasteiger partial charge in [-0.2, -0.15) is 0 Å². The molecule has 4 nitrogen and oxygen atoms in total. The van der Waals surface area contributed by atoms with Crippen LogP contribution in [0.2, 0.25) is 0 Å². The Balaban J connectivity index is 2.43. The third-order valence-corrected chi connectivity index (χ3v) is 2.94. The molecule has 1 saturated heterocycles. The monoisotopic (exact) mass is 230 g/mol. The van der Waals surface area contributed by atoms with Crippen molar-refractivity contribution in [3.05, 3.63) is 0 Å². The summed E-state index contributed by atoms with van der Waals surface area (Å²) in [6.45, 7) is 10.2. The fraction of sp³-hybridized carbons (Fsp3) is 0.917. The van der Waals surface area contributed by atoms with Gasteiger partial charge in [-0.1, -0.05) is 6.92 Å². The molecule has 1 aliphatic rings. The van der Waals surface area contributed by atoms with Crippen molar-refractivity contribution in [3.63, 3.8) is 0 Å². The van der Waals surface area contributed by atoms with E-state index in [-0.39, 0.29) is 12.1 Å². The first-order valence-electron chi connectivity index (χ1n) is 5.76. The second-order valence-corrected chi connectivity index (χ2v) is 5.29. The van der Waals surface area contributed by atoms with Gasteiger partial charge < -0.3 is 14.2 Å². The third kappa shape index (κ3) is 3.46. The molecule has 1 rings (SSSR count). The summed E-state index contributed by atoms with van der Waals surface area (Å²) in [6.07, 6.45) is 0.470. The van der Waals surface area contributed by atoms with Crippen molar-refractivity contribution < 1.29 is 19.0 Å². The van der Waals surface area contributed by atoms with Crippen molar-refractivity contribution in [2.45, 2.75) is 52.9 Å². The van der Waals surface area contributed by atoms with E-state index in [1.54, 1.807) is 0 Å². The highest BCUT2D eigenvalue weighted by atomic mass is 16.7. The topological polar surface area (TPSA) is 44.8 Å². The summed E-state index contributed by atoms with van der Waals surface area (Å²) in [7, 11) is 0. The van der Waals surface area contributed by atoms with Gasteiger partial charge in [0.15, 0.2) is 5.79 Å². The van der Waals surface area contributed by atoms with Gasteiger partial charge in [0.25, 0.3) is 0 Å². The predicted octanol–water partition coefficient (Wildman–Crippen LogP) is 2.12. The van der Waals surface area contributed by atoms with Crippen LogP contribution in [0.3, 0.4) is 0 Å². The number of esters is 1. The SMILES string of the molecule is CCC(C)(C)C(=O)OC1COC(C)(C)OC1. The van der Waals surface area contributed by atoms with Crippen molar-refractivity contribution in [1.82, 2.24) is 0 Å². The molecule has 0 saturated carbocycles. The second-order valence-electron chi connectivity index (χ2n) is 5.29. The molecule has 1 fully saturated rings. The Morgan fingerprint density at radius 2 is 1.88 bits per heavy atom. The average Bonchev–Trinajstić information content (AvgIpc) is 2.21. The van der Waals surface area contributed by atoms with E-state index in [4.69, 9.17) is 14.2 Å². The standard InChI is InChI=1S/C12H22O4/c1-6-11(2,3)10(13)16-9-7-14-12(4,5)15-8-9/h9H,6-8H2,1-5H3. The summed E-state index contributed by atoms with van der Waals surface area (Å²) in [5.74, 6) is -0.754. The first-order chi connectivity index (χ1) is 7.27. The van der Waals surface area contributed by atoms with Gasteiger partial charge in [0, 0.05) is 0 Å². The minimum atomic E-state index is -0.566. The molecular formula is C12H22O4. The lowest BCUT2D eigenvalue weighted by atomic mass is 9.90. The maximum absolute atomic E-state index is 11.8. The molecule has 0 radical (unpaired) electrons. The van der Waals surface area contributed by atoms with E-state index in [1.807, 2.05) is 34.6 Å². The van der Waals surface area contributed by atoms with Crippen LogP contribution in [0.25, 0.3) is 0 Å². The molecule has 16 heavy (non-hydrogen) atoms. The number of carbonyl (C=O) groups excluding carboxylic acids is 1. The van der Waals surface area contributed by atoms with Gasteiger partial charge >= 0.3 is 5.97 Å². The van der Waals surface area contributed by atoms with Crippen molar-refractivity contribution in [3.8, 4) is 0 Å². The predicted molar refractivity (Wildman–Crippen MR) is 59.9 cm³/mol. The first-order valence-corrected chi connectivity index (χ1v) is 5.76. The van der Waals surface area contributed by atoms with Gasteiger partial charge in [-0.3, -0.25) is 4.79 Å². The lowest BCUT2D eigenvalue weighted by molar-refractivity contribution is -0.277. The van der Waals surface area contributed by atoms with E-state index >= 15 is 0 Å². The number of hydrogen-bond acceptors (Lipinski definition) is 4. The molecule has 1 aliphatic heterocycles. The number of ether oxygens (including phenoxy) is 3. The van der Waals surface area contributed by atoms with Gasteiger partial charge in [0.2, 0.25) is 0 Å². The Labute approximate surface area is 97.2 Å². The lowest BCUT2D eigenvalue weighted by Gasteiger charge is -2.35. The summed E-state index contributed by atoms with van der Waals surface area (Å²) in [5.41, 5.74) is -0.438. The number of rotatable bonds is 3. The van der Waals surface area contributed by atoms with Gasteiger partial charge in [0.05, 0.1) is 18.6 Å². The highest BCUT2D eigenvalue weighted by Gasteiger charge is 2.34. The largest absolute Gasteiger partial charge is 0.457 e. The Morgan fingerprint density at radius 3 is 2.31 bits per heavy atom. The average molecular weight is 230 g/mol. The van der Waals surface area contributed by atoms with E-state index in [0.717, 1.165) is 6.42 Å². The molecular weight excluding hydrogens is 208 g/mol. The van der Waals surface area contributed by atoms with Crippen LogP contribution in [0.15, 0.2) is 0 Å². The molecule has 0 atom stereocenters. The van der Waals surface area contributed by atoms with Crippen LogP contribution in [-0.2, 0) is 19.0 Å². The number of carbonyl (C=O) groups is 1. The highest BCUT2D eigenvalue weighted by molar-refractivity contribution is 5.76. The van der Waals surface area contributed by atoms with Crippen molar-refractivity contribution in [2.24, 2.45) is 5.41 Å². The molecule has 0 aromatic carbocycles. The second kappa shape index (κ2) is 4.72. The summed E-state index contributed by atoms with van der Waals surface area (Å²) in [5, 5.41) is 0. The van der Waals surface area contributed by atoms with Crippen LogP contribution >= 0.6 is 0 Å². The Bertz CT molecular complexity index is 248. The maximum atomic E-state index is 11.8. The van der Waals surface area contributed by atoms with Crippen LogP contribution in [0, 0.1) is 5.41 Å². The Hall–Kier alpha value is -0.610. The Morgan fingerprint density at radius 1 is 1.38 bits per heavy atom. The Kier molecular flexibility index (Phi) is 3.97. The van der Waals surface area contributed by atoms with Crippen LogP contribution < -0.4 is 0 Å². The summed E-state index contributed by atoms with van der Waals surface area (Å²) in [6, 6.07) is 0. The number of hydrogen-bond donors (Lipinski definition) is 0.